The third kappa shape index (κ3) is 3.90. The van der Waals surface area contributed by atoms with Crippen LogP contribution in [0.3, 0.4) is 0 Å². The molecule has 0 spiro atoms. The Morgan fingerprint density at radius 2 is 2.04 bits per heavy atom. The lowest BCUT2D eigenvalue weighted by atomic mass is 10.1. The minimum atomic E-state index is -0.111. The zero-order valence-electron chi connectivity index (χ0n) is 14.8. The molecule has 2 unspecified atom stereocenters. The number of aromatic nitrogens is 1. The van der Waals surface area contributed by atoms with Gasteiger partial charge in [-0.25, -0.2) is 4.98 Å². The first kappa shape index (κ1) is 17.6. The van der Waals surface area contributed by atoms with E-state index in [4.69, 9.17) is 0 Å². The SMILES string of the molecule is CC(=O)NC(C)c1csc(-c2ccc(C(=O)N3CCCC3C)cc2)n1. The third-order valence-corrected chi connectivity index (χ3v) is 5.49. The molecule has 2 heterocycles. The van der Waals surface area contributed by atoms with Gasteiger partial charge >= 0.3 is 0 Å². The highest BCUT2D eigenvalue weighted by atomic mass is 32.1. The van der Waals surface area contributed by atoms with Gasteiger partial charge in [-0.15, -0.1) is 11.3 Å². The molecule has 6 heteroatoms. The van der Waals surface area contributed by atoms with Crippen LogP contribution in [-0.4, -0.2) is 34.3 Å². The first-order valence-electron chi connectivity index (χ1n) is 8.59. The summed E-state index contributed by atoms with van der Waals surface area (Å²) in [5.74, 6) is 0.0386. The van der Waals surface area contributed by atoms with Crippen LogP contribution in [0.1, 0.15) is 55.7 Å². The minimum Gasteiger partial charge on any atom is -0.348 e. The van der Waals surface area contributed by atoms with E-state index in [1.165, 1.54) is 6.92 Å². The standard InChI is InChI=1S/C19H23N3O2S/c1-12-5-4-10-22(12)19(24)16-8-6-15(7-9-16)18-21-17(11-25-18)13(2)20-14(3)23/h6-9,11-13H,4-5,10H2,1-3H3,(H,20,23). The number of carbonyl (C=O) groups excluding carboxylic acids is 2. The van der Waals surface area contributed by atoms with Gasteiger partial charge in [0.05, 0.1) is 11.7 Å². The Hall–Kier alpha value is -2.21. The molecule has 5 nitrogen and oxygen atoms in total. The van der Waals surface area contributed by atoms with Crippen molar-refractivity contribution in [1.82, 2.24) is 15.2 Å². The number of thiazole rings is 1. The average molecular weight is 357 g/mol. The highest BCUT2D eigenvalue weighted by Gasteiger charge is 2.25. The van der Waals surface area contributed by atoms with E-state index < -0.39 is 0 Å². The predicted octanol–water partition coefficient (Wildman–Crippen LogP) is 3.63. The second-order valence-electron chi connectivity index (χ2n) is 6.57. The number of amides is 2. The van der Waals surface area contributed by atoms with E-state index in [1.54, 1.807) is 11.3 Å². The molecular weight excluding hydrogens is 334 g/mol. The summed E-state index contributed by atoms with van der Waals surface area (Å²) in [6, 6.07) is 7.85. The molecule has 2 amide bonds. The normalized spacial score (nSPS) is 18.2. The van der Waals surface area contributed by atoms with Gasteiger partial charge in [-0.1, -0.05) is 12.1 Å². The maximum absolute atomic E-state index is 12.6. The summed E-state index contributed by atoms with van der Waals surface area (Å²) in [7, 11) is 0. The van der Waals surface area contributed by atoms with E-state index in [1.807, 2.05) is 41.5 Å². The van der Waals surface area contributed by atoms with Crippen molar-refractivity contribution in [3.63, 3.8) is 0 Å². The Balaban J connectivity index is 1.73. The van der Waals surface area contributed by atoms with Crippen LogP contribution in [0.2, 0.25) is 0 Å². The summed E-state index contributed by atoms with van der Waals surface area (Å²) < 4.78 is 0. The van der Waals surface area contributed by atoms with Crippen LogP contribution < -0.4 is 5.32 Å². The van der Waals surface area contributed by atoms with E-state index in [2.05, 4.69) is 17.2 Å². The van der Waals surface area contributed by atoms with Crippen molar-refractivity contribution in [3.8, 4) is 10.6 Å². The molecular formula is C19H23N3O2S. The van der Waals surface area contributed by atoms with Gasteiger partial charge < -0.3 is 10.2 Å². The summed E-state index contributed by atoms with van der Waals surface area (Å²) in [5.41, 5.74) is 2.56. The first-order chi connectivity index (χ1) is 12.0. The Morgan fingerprint density at radius 3 is 2.64 bits per heavy atom. The van der Waals surface area contributed by atoms with Crippen LogP contribution in [0.5, 0.6) is 0 Å². The molecule has 132 valence electrons. The number of rotatable bonds is 4. The van der Waals surface area contributed by atoms with E-state index >= 15 is 0 Å². The highest BCUT2D eigenvalue weighted by molar-refractivity contribution is 7.13. The molecule has 0 aliphatic carbocycles. The van der Waals surface area contributed by atoms with Gasteiger partial charge in [-0.05, 0) is 38.8 Å². The van der Waals surface area contributed by atoms with Crippen LogP contribution in [0, 0.1) is 0 Å². The van der Waals surface area contributed by atoms with Crippen molar-refractivity contribution >= 4 is 23.2 Å². The van der Waals surface area contributed by atoms with Crippen molar-refractivity contribution in [2.24, 2.45) is 0 Å². The molecule has 1 aliphatic rings. The molecule has 0 radical (unpaired) electrons. The summed E-state index contributed by atoms with van der Waals surface area (Å²) in [5, 5.41) is 5.69. The maximum atomic E-state index is 12.6. The molecule has 1 aromatic heterocycles. The van der Waals surface area contributed by atoms with Gasteiger partial charge in [0.25, 0.3) is 5.91 Å². The molecule has 2 aromatic rings. The third-order valence-electron chi connectivity index (χ3n) is 4.58. The molecule has 1 fully saturated rings. The summed E-state index contributed by atoms with van der Waals surface area (Å²) in [6.45, 7) is 6.37. The fraction of sp³-hybridized carbons (Fsp3) is 0.421. The first-order valence-corrected chi connectivity index (χ1v) is 9.47. The van der Waals surface area contributed by atoms with Crippen molar-refractivity contribution in [3.05, 3.63) is 40.9 Å². The van der Waals surface area contributed by atoms with Gasteiger partial charge in [0, 0.05) is 36.0 Å². The second-order valence-corrected chi connectivity index (χ2v) is 7.42. The van der Waals surface area contributed by atoms with Crippen LogP contribution in [0.4, 0.5) is 0 Å². The molecule has 2 atom stereocenters. The minimum absolute atomic E-state index is 0.0685. The lowest BCUT2D eigenvalue weighted by Crippen LogP contribution is -2.33. The molecule has 1 aromatic carbocycles. The van der Waals surface area contributed by atoms with Gasteiger partial charge in [-0.2, -0.15) is 0 Å². The van der Waals surface area contributed by atoms with Crippen LogP contribution in [-0.2, 0) is 4.79 Å². The number of hydrogen-bond donors (Lipinski definition) is 1. The number of nitrogens with one attached hydrogen (secondary N) is 1. The van der Waals surface area contributed by atoms with E-state index in [0.29, 0.717) is 6.04 Å². The lowest BCUT2D eigenvalue weighted by Gasteiger charge is -2.21. The van der Waals surface area contributed by atoms with E-state index in [0.717, 1.165) is 41.2 Å². The maximum Gasteiger partial charge on any atom is 0.254 e. The van der Waals surface area contributed by atoms with Crippen LogP contribution in [0.15, 0.2) is 29.6 Å². The molecule has 1 saturated heterocycles. The number of hydrogen-bond acceptors (Lipinski definition) is 4. The smallest absolute Gasteiger partial charge is 0.254 e. The van der Waals surface area contributed by atoms with Gasteiger partial charge in [0.15, 0.2) is 0 Å². The number of benzene rings is 1. The second kappa shape index (κ2) is 7.35. The highest BCUT2D eigenvalue weighted by Crippen LogP contribution is 2.27. The quantitative estimate of drug-likeness (QED) is 0.909. The number of nitrogens with zero attached hydrogens (tertiary/aromatic N) is 2. The molecule has 0 bridgehead atoms. The molecule has 1 aliphatic heterocycles. The molecule has 3 rings (SSSR count). The number of likely N-dealkylation sites (tertiary alicyclic amines) is 1. The fourth-order valence-electron chi connectivity index (χ4n) is 3.15. The average Bonchev–Trinajstić information content (AvgIpc) is 3.23. The molecule has 0 saturated carbocycles. The zero-order chi connectivity index (χ0) is 18.0. The van der Waals surface area contributed by atoms with Gasteiger partial charge in [0.2, 0.25) is 5.91 Å². The van der Waals surface area contributed by atoms with Gasteiger partial charge in [-0.3, -0.25) is 9.59 Å². The van der Waals surface area contributed by atoms with E-state index in [9.17, 15) is 9.59 Å². The summed E-state index contributed by atoms with van der Waals surface area (Å²) in [6.07, 6.45) is 2.16. The molecule has 25 heavy (non-hydrogen) atoms. The Kier molecular flexibility index (Phi) is 5.18. The van der Waals surface area contributed by atoms with Crippen molar-refractivity contribution in [2.75, 3.05) is 6.54 Å². The predicted molar refractivity (Wildman–Crippen MR) is 99.5 cm³/mol. The van der Waals surface area contributed by atoms with Crippen molar-refractivity contribution in [1.29, 1.82) is 0 Å². The topological polar surface area (TPSA) is 62.3 Å². The van der Waals surface area contributed by atoms with Gasteiger partial charge in [0.1, 0.15) is 5.01 Å². The Morgan fingerprint density at radius 1 is 1.32 bits per heavy atom. The zero-order valence-corrected chi connectivity index (χ0v) is 15.6. The van der Waals surface area contributed by atoms with Crippen molar-refractivity contribution < 1.29 is 9.59 Å². The monoisotopic (exact) mass is 357 g/mol. The van der Waals surface area contributed by atoms with E-state index in [-0.39, 0.29) is 17.9 Å². The lowest BCUT2D eigenvalue weighted by molar-refractivity contribution is -0.119. The van der Waals surface area contributed by atoms with Crippen molar-refractivity contribution in [2.45, 2.75) is 45.7 Å². The largest absolute Gasteiger partial charge is 0.348 e. The summed E-state index contributed by atoms with van der Waals surface area (Å²) in [4.78, 5) is 30.3. The molecule has 1 N–H and O–H groups in total. The number of carbonyl (C=O) groups is 2. The Labute approximate surface area is 152 Å². The van der Waals surface area contributed by atoms with Crippen LogP contribution in [0.25, 0.3) is 10.6 Å². The summed E-state index contributed by atoms with van der Waals surface area (Å²) >= 11 is 1.54. The van der Waals surface area contributed by atoms with Crippen LogP contribution >= 0.6 is 11.3 Å². The Bertz CT molecular complexity index is 769. The fourth-order valence-corrected chi connectivity index (χ4v) is 4.07.